The second-order valence-corrected chi connectivity index (χ2v) is 7.66. The van der Waals surface area contributed by atoms with Crippen LogP contribution in [0.1, 0.15) is 32.3 Å². The van der Waals surface area contributed by atoms with Crippen molar-refractivity contribution in [2.45, 2.75) is 38.4 Å². The van der Waals surface area contributed by atoms with Gasteiger partial charge in [0.1, 0.15) is 11.4 Å². The normalized spacial score (nSPS) is 10.9. The van der Waals surface area contributed by atoms with Gasteiger partial charge in [-0.05, 0) is 42.7 Å². The summed E-state index contributed by atoms with van der Waals surface area (Å²) < 4.78 is 7.39. The SMILES string of the molecule is CCn1c(SCC(=O)Nc2ccc(C(C)C)cc2OC)nnc1-c1ccccn1. The van der Waals surface area contributed by atoms with Gasteiger partial charge in [0.25, 0.3) is 0 Å². The van der Waals surface area contributed by atoms with Gasteiger partial charge in [-0.3, -0.25) is 9.78 Å². The second kappa shape index (κ2) is 9.56. The van der Waals surface area contributed by atoms with E-state index in [1.165, 1.54) is 11.8 Å². The van der Waals surface area contributed by atoms with Crippen molar-refractivity contribution in [1.29, 1.82) is 0 Å². The van der Waals surface area contributed by atoms with Crippen LogP contribution < -0.4 is 10.1 Å². The van der Waals surface area contributed by atoms with E-state index in [0.717, 1.165) is 11.3 Å². The molecule has 0 atom stereocenters. The molecule has 0 aliphatic heterocycles. The molecule has 1 N–H and O–H groups in total. The van der Waals surface area contributed by atoms with E-state index in [4.69, 9.17) is 4.74 Å². The molecule has 0 spiro atoms. The maximum absolute atomic E-state index is 12.5. The predicted molar refractivity (Wildman–Crippen MR) is 115 cm³/mol. The first kappa shape index (κ1) is 20.9. The van der Waals surface area contributed by atoms with Gasteiger partial charge in [0.2, 0.25) is 5.91 Å². The highest BCUT2D eigenvalue weighted by Crippen LogP contribution is 2.29. The Bertz CT molecular complexity index is 972. The number of thioether (sulfide) groups is 1. The van der Waals surface area contributed by atoms with Crippen LogP contribution in [0, 0.1) is 0 Å². The van der Waals surface area contributed by atoms with E-state index in [0.29, 0.717) is 34.9 Å². The topological polar surface area (TPSA) is 81.9 Å². The third kappa shape index (κ3) is 4.95. The Balaban J connectivity index is 1.68. The Morgan fingerprint density at radius 1 is 1.24 bits per heavy atom. The summed E-state index contributed by atoms with van der Waals surface area (Å²) in [5.74, 6) is 1.83. The first-order valence-corrected chi connectivity index (χ1v) is 10.5. The number of amides is 1. The van der Waals surface area contributed by atoms with E-state index in [2.05, 4.69) is 34.3 Å². The van der Waals surface area contributed by atoms with Gasteiger partial charge in [-0.25, -0.2) is 0 Å². The molecule has 152 valence electrons. The minimum atomic E-state index is -0.129. The molecule has 0 aliphatic carbocycles. The Morgan fingerprint density at radius 3 is 2.72 bits per heavy atom. The minimum Gasteiger partial charge on any atom is -0.495 e. The Labute approximate surface area is 174 Å². The number of carbonyl (C=O) groups is 1. The summed E-state index contributed by atoms with van der Waals surface area (Å²) in [5, 5.41) is 12.1. The molecular weight excluding hydrogens is 386 g/mol. The number of hydrogen-bond acceptors (Lipinski definition) is 6. The van der Waals surface area contributed by atoms with Crippen LogP contribution in [0.15, 0.2) is 47.8 Å². The Kier molecular flexibility index (Phi) is 6.87. The summed E-state index contributed by atoms with van der Waals surface area (Å²) in [5.41, 5.74) is 2.58. The fraction of sp³-hybridized carbons (Fsp3) is 0.333. The summed E-state index contributed by atoms with van der Waals surface area (Å²) in [4.78, 5) is 16.8. The highest BCUT2D eigenvalue weighted by Gasteiger charge is 2.16. The number of nitrogens with zero attached hydrogens (tertiary/aromatic N) is 4. The quantitative estimate of drug-likeness (QED) is 0.559. The van der Waals surface area contributed by atoms with Crippen LogP contribution in [0.25, 0.3) is 11.5 Å². The summed E-state index contributed by atoms with van der Waals surface area (Å²) in [7, 11) is 1.60. The number of hydrogen-bond donors (Lipinski definition) is 1. The predicted octanol–water partition coefficient (Wildman–Crippen LogP) is 4.22. The summed E-state index contributed by atoms with van der Waals surface area (Å²) in [6, 6.07) is 11.5. The van der Waals surface area contributed by atoms with E-state index in [1.54, 1.807) is 13.3 Å². The zero-order valence-electron chi connectivity index (χ0n) is 17.0. The van der Waals surface area contributed by atoms with Crippen LogP contribution in [0.5, 0.6) is 5.75 Å². The van der Waals surface area contributed by atoms with E-state index < -0.39 is 0 Å². The lowest BCUT2D eigenvalue weighted by molar-refractivity contribution is -0.113. The van der Waals surface area contributed by atoms with Crippen LogP contribution in [-0.2, 0) is 11.3 Å². The molecule has 2 heterocycles. The molecule has 0 saturated heterocycles. The fourth-order valence-electron chi connectivity index (χ4n) is 2.85. The Hall–Kier alpha value is -2.87. The molecule has 0 aliphatic rings. The van der Waals surface area contributed by atoms with Gasteiger partial charge in [-0.2, -0.15) is 0 Å². The van der Waals surface area contributed by atoms with E-state index in [-0.39, 0.29) is 11.7 Å². The van der Waals surface area contributed by atoms with Crippen molar-refractivity contribution >= 4 is 23.4 Å². The van der Waals surface area contributed by atoms with Gasteiger partial charge < -0.3 is 14.6 Å². The lowest BCUT2D eigenvalue weighted by atomic mass is 10.0. The molecule has 7 nitrogen and oxygen atoms in total. The molecule has 29 heavy (non-hydrogen) atoms. The maximum Gasteiger partial charge on any atom is 0.234 e. The summed E-state index contributed by atoms with van der Waals surface area (Å²) >= 11 is 1.34. The lowest BCUT2D eigenvalue weighted by Gasteiger charge is -2.13. The Morgan fingerprint density at radius 2 is 2.07 bits per heavy atom. The summed E-state index contributed by atoms with van der Waals surface area (Å²) in [6.45, 7) is 6.94. The van der Waals surface area contributed by atoms with Gasteiger partial charge in [-0.1, -0.05) is 37.7 Å². The number of aromatic nitrogens is 4. The zero-order chi connectivity index (χ0) is 20.8. The number of ether oxygens (including phenoxy) is 1. The standard InChI is InChI=1S/C21H25N5O2S/c1-5-26-20(17-8-6-7-11-22-17)24-25-21(26)29-13-19(27)23-16-10-9-15(14(2)3)12-18(16)28-4/h6-12,14H,5,13H2,1-4H3,(H,23,27). The molecule has 0 unspecified atom stereocenters. The third-order valence-electron chi connectivity index (χ3n) is 4.43. The number of pyridine rings is 1. The summed E-state index contributed by atoms with van der Waals surface area (Å²) in [6.07, 6.45) is 1.72. The van der Waals surface area contributed by atoms with Crippen LogP contribution >= 0.6 is 11.8 Å². The van der Waals surface area contributed by atoms with E-state index >= 15 is 0 Å². The van der Waals surface area contributed by atoms with Crippen molar-refractivity contribution in [2.75, 3.05) is 18.2 Å². The van der Waals surface area contributed by atoms with Crippen LogP contribution in [-0.4, -0.2) is 38.5 Å². The van der Waals surface area contributed by atoms with Crippen LogP contribution in [0.4, 0.5) is 5.69 Å². The molecule has 1 aromatic carbocycles. The van der Waals surface area contributed by atoms with E-state index in [9.17, 15) is 4.79 Å². The third-order valence-corrected chi connectivity index (χ3v) is 5.39. The van der Waals surface area contributed by atoms with Gasteiger partial charge in [0.05, 0.1) is 18.6 Å². The molecule has 3 aromatic rings. The van der Waals surface area contributed by atoms with E-state index in [1.807, 2.05) is 47.9 Å². The van der Waals surface area contributed by atoms with Gasteiger partial charge in [-0.15, -0.1) is 10.2 Å². The molecular formula is C21H25N5O2S. The highest BCUT2D eigenvalue weighted by atomic mass is 32.2. The molecule has 0 fully saturated rings. The zero-order valence-corrected chi connectivity index (χ0v) is 17.9. The van der Waals surface area contributed by atoms with Crippen molar-refractivity contribution in [2.24, 2.45) is 0 Å². The number of methoxy groups -OCH3 is 1. The molecule has 0 radical (unpaired) electrons. The van der Waals surface area contributed by atoms with Gasteiger partial charge >= 0.3 is 0 Å². The average Bonchev–Trinajstić information content (AvgIpc) is 3.16. The molecule has 1 amide bonds. The van der Waals surface area contributed by atoms with Gasteiger partial charge in [0.15, 0.2) is 11.0 Å². The van der Waals surface area contributed by atoms with Crippen molar-refractivity contribution in [3.8, 4) is 17.3 Å². The van der Waals surface area contributed by atoms with Crippen LogP contribution in [0.3, 0.4) is 0 Å². The first-order valence-electron chi connectivity index (χ1n) is 9.48. The average molecular weight is 412 g/mol. The number of nitrogens with one attached hydrogen (secondary N) is 1. The fourth-order valence-corrected chi connectivity index (χ4v) is 3.65. The van der Waals surface area contributed by atoms with Gasteiger partial charge in [0, 0.05) is 12.7 Å². The first-order chi connectivity index (χ1) is 14.0. The van der Waals surface area contributed by atoms with Crippen molar-refractivity contribution in [3.05, 3.63) is 48.2 Å². The minimum absolute atomic E-state index is 0.129. The highest BCUT2D eigenvalue weighted by molar-refractivity contribution is 7.99. The molecule has 8 heteroatoms. The maximum atomic E-state index is 12.5. The monoisotopic (exact) mass is 411 g/mol. The number of carbonyl (C=O) groups excluding carboxylic acids is 1. The molecule has 2 aromatic heterocycles. The van der Waals surface area contributed by atoms with Crippen LogP contribution in [0.2, 0.25) is 0 Å². The molecule has 0 saturated carbocycles. The number of benzene rings is 1. The second-order valence-electron chi connectivity index (χ2n) is 6.72. The molecule has 0 bridgehead atoms. The van der Waals surface area contributed by atoms with Crippen molar-refractivity contribution < 1.29 is 9.53 Å². The largest absolute Gasteiger partial charge is 0.495 e. The number of rotatable bonds is 8. The van der Waals surface area contributed by atoms with Crippen molar-refractivity contribution in [1.82, 2.24) is 19.7 Å². The molecule has 3 rings (SSSR count). The lowest BCUT2D eigenvalue weighted by Crippen LogP contribution is -2.15. The van der Waals surface area contributed by atoms with Crippen molar-refractivity contribution in [3.63, 3.8) is 0 Å². The smallest absolute Gasteiger partial charge is 0.234 e. The number of anilines is 1.